The van der Waals surface area contributed by atoms with Crippen molar-refractivity contribution in [2.24, 2.45) is 0 Å². The molecule has 0 radical (unpaired) electrons. The average molecular weight is 500 g/mol. The minimum Gasteiger partial charge on any atom is -0.328 e. The van der Waals surface area contributed by atoms with Gasteiger partial charge in [0.25, 0.3) is 0 Å². The van der Waals surface area contributed by atoms with Gasteiger partial charge in [0, 0.05) is 39.0 Å². The van der Waals surface area contributed by atoms with Crippen molar-refractivity contribution < 1.29 is 19.2 Å². The lowest BCUT2D eigenvalue weighted by atomic mass is 9.72. The van der Waals surface area contributed by atoms with Crippen molar-refractivity contribution in [2.75, 3.05) is 29.2 Å². The molecule has 2 N–H and O–H groups in total. The molecule has 1 unspecified atom stereocenters. The first-order chi connectivity index (χ1) is 17.7. The standard InChI is InChI=1S/C28H29N5O4/c1-4-28(16-15-25(36)31-27(28)37)18-9-11-19(12-10-18)30-24(35)14-13-23(34)20(17-29)26-32(2)21-7-5-6-8-22(21)33(26)3/h5-12H,4,13-16H2,1-3H3,(H,30,35)(H,31,36,37). The fourth-order valence-corrected chi connectivity index (χ4v) is 5.07. The van der Waals surface area contributed by atoms with Gasteiger partial charge in [-0.1, -0.05) is 31.2 Å². The Morgan fingerprint density at radius 3 is 2.19 bits per heavy atom. The van der Waals surface area contributed by atoms with Gasteiger partial charge in [-0.2, -0.15) is 5.26 Å². The second-order valence-corrected chi connectivity index (χ2v) is 9.28. The van der Waals surface area contributed by atoms with Gasteiger partial charge in [-0.25, -0.2) is 0 Å². The lowest BCUT2D eigenvalue weighted by molar-refractivity contribution is -0.138. The summed E-state index contributed by atoms with van der Waals surface area (Å²) in [5.74, 6) is -0.838. The fourth-order valence-electron chi connectivity index (χ4n) is 5.07. The Bertz CT molecular complexity index is 1310. The van der Waals surface area contributed by atoms with Crippen LogP contribution in [0.4, 0.5) is 17.1 Å². The molecule has 2 heterocycles. The Morgan fingerprint density at radius 2 is 1.65 bits per heavy atom. The third-order valence-corrected chi connectivity index (χ3v) is 7.22. The highest BCUT2D eigenvalue weighted by molar-refractivity contribution is 6.05. The van der Waals surface area contributed by atoms with Gasteiger partial charge in [-0.15, -0.1) is 0 Å². The minimum absolute atomic E-state index is 0.00690. The molecule has 9 heteroatoms. The second-order valence-electron chi connectivity index (χ2n) is 9.28. The number of amides is 3. The Labute approximate surface area is 215 Å². The second kappa shape index (κ2) is 10.3. The molecule has 1 fully saturated rings. The van der Waals surface area contributed by atoms with Crippen LogP contribution in [0.25, 0.3) is 0 Å². The van der Waals surface area contributed by atoms with Crippen molar-refractivity contribution in [3.05, 3.63) is 65.5 Å². The SMILES string of the molecule is CCC1(c2ccc(NC(=O)CCC(=O)C(C#N)=C3N(C)c4ccccc4N3C)cc2)CCC(=O)NC1=O. The highest BCUT2D eigenvalue weighted by atomic mass is 16.2. The molecule has 0 aromatic heterocycles. The van der Waals surface area contributed by atoms with E-state index in [1.165, 1.54) is 0 Å². The average Bonchev–Trinajstić information content (AvgIpc) is 3.14. The Kier molecular flexibility index (Phi) is 7.11. The van der Waals surface area contributed by atoms with Gasteiger partial charge in [0.15, 0.2) is 5.78 Å². The molecule has 2 aliphatic heterocycles. The predicted molar refractivity (Wildman–Crippen MR) is 140 cm³/mol. The van der Waals surface area contributed by atoms with Crippen molar-refractivity contribution >= 4 is 40.6 Å². The van der Waals surface area contributed by atoms with E-state index < -0.39 is 11.2 Å². The zero-order chi connectivity index (χ0) is 26.7. The zero-order valence-electron chi connectivity index (χ0n) is 21.1. The molecule has 9 nitrogen and oxygen atoms in total. The summed E-state index contributed by atoms with van der Waals surface area (Å²) in [5, 5.41) is 14.9. The number of piperidine rings is 1. The highest BCUT2D eigenvalue weighted by Crippen LogP contribution is 2.40. The maximum absolute atomic E-state index is 12.9. The molecular formula is C28H29N5O4. The number of Topliss-reactive ketones (excluding diaryl/α,β-unsaturated/α-hetero) is 1. The van der Waals surface area contributed by atoms with Crippen LogP contribution in [0.3, 0.4) is 0 Å². The molecule has 1 saturated heterocycles. The molecule has 2 aromatic carbocycles. The van der Waals surface area contributed by atoms with Crippen LogP contribution in [0.15, 0.2) is 59.9 Å². The number of allylic oxidation sites excluding steroid dienone is 1. The number of hydrogen-bond donors (Lipinski definition) is 2. The van der Waals surface area contributed by atoms with Crippen LogP contribution >= 0.6 is 0 Å². The minimum atomic E-state index is -0.774. The summed E-state index contributed by atoms with van der Waals surface area (Å²) in [6.45, 7) is 1.91. The third kappa shape index (κ3) is 4.70. The number of carbonyl (C=O) groups is 4. The smallest absolute Gasteiger partial charge is 0.237 e. The van der Waals surface area contributed by atoms with Gasteiger partial charge in [0.1, 0.15) is 17.5 Å². The third-order valence-electron chi connectivity index (χ3n) is 7.22. The first kappa shape index (κ1) is 25.6. The number of nitrogens with one attached hydrogen (secondary N) is 2. The summed E-state index contributed by atoms with van der Waals surface area (Å²) in [6, 6.07) is 16.6. The van der Waals surface area contributed by atoms with Gasteiger partial charge in [-0.3, -0.25) is 24.5 Å². The number of fused-ring (bicyclic) bond motifs is 1. The quantitative estimate of drug-likeness (QED) is 0.340. The van der Waals surface area contributed by atoms with Gasteiger partial charge < -0.3 is 15.1 Å². The van der Waals surface area contributed by atoms with Gasteiger partial charge in [0.05, 0.1) is 16.8 Å². The van der Waals surface area contributed by atoms with Crippen molar-refractivity contribution in [1.82, 2.24) is 5.32 Å². The summed E-state index contributed by atoms with van der Waals surface area (Å²) in [4.78, 5) is 53.3. The van der Waals surface area contributed by atoms with E-state index in [0.717, 1.165) is 16.9 Å². The molecule has 0 saturated carbocycles. The lowest BCUT2D eigenvalue weighted by Crippen LogP contribution is -2.51. The zero-order valence-corrected chi connectivity index (χ0v) is 21.1. The van der Waals surface area contributed by atoms with E-state index in [-0.39, 0.29) is 42.6 Å². The predicted octanol–water partition coefficient (Wildman–Crippen LogP) is 3.38. The van der Waals surface area contributed by atoms with Crippen LogP contribution in [-0.2, 0) is 24.6 Å². The topological polar surface area (TPSA) is 123 Å². The van der Waals surface area contributed by atoms with Crippen LogP contribution in [0.5, 0.6) is 0 Å². The molecule has 0 bridgehead atoms. The van der Waals surface area contributed by atoms with Gasteiger partial charge in [0.2, 0.25) is 17.7 Å². The molecule has 2 aliphatic rings. The van der Waals surface area contributed by atoms with E-state index >= 15 is 0 Å². The molecule has 2 aromatic rings. The van der Waals surface area contributed by atoms with Crippen molar-refractivity contribution in [1.29, 1.82) is 5.26 Å². The monoisotopic (exact) mass is 499 g/mol. The number of nitriles is 1. The molecule has 0 aliphatic carbocycles. The summed E-state index contributed by atoms with van der Waals surface area (Å²) in [7, 11) is 3.60. The van der Waals surface area contributed by atoms with Crippen molar-refractivity contribution in [2.45, 2.75) is 44.4 Å². The van der Waals surface area contributed by atoms with Crippen LogP contribution in [0.1, 0.15) is 44.6 Å². The van der Waals surface area contributed by atoms with Gasteiger partial charge >= 0.3 is 0 Å². The first-order valence-electron chi connectivity index (χ1n) is 12.2. The Morgan fingerprint density at radius 1 is 1.03 bits per heavy atom. The van der Waals surface area contributed by atoms with Crippen LogP contribution in [0, 0.1) is 11.3 Å². The van der Waals surface area contributed by atoms with Crippen molar-refractivity contribution in [3.8, 4) is 6.07 Å². The maximum Gasteiger partial charge on any atom is 0.237 e. The largest absolute Gasteiger partial charge is 0.328 e. The number of rotatable bonds is 7. The van der Waals surface area contributed by atoms with E-state index in [9.17, 15) is 24.4 Å². The summed E-state index contributed by atoms with van der Waals surface area (Å²) < 4.78 is 0. The first-order valence-corrected chi connectivity index (χ1v) is 12.2. The number of nitrogens with zero attached hydrogens (tertiary/aromatic N) is 3. The van der Waals surface area contributed by atoms with Crippen LogP contribution in [0.2, 0.25) is 0 Å². The Balaban J connectivity index is 1.40. The van der Waals surface area contributed by atoms with E-state index in [0.29, 0.717) is 24.4 Å². The number of para-hydroxylation sites is 2. The fraction of sp³-hybridized carbons (Fsp3) is 0.321. The number of hydrogen-bond acceptors (Lipinski definition) is 7. The summed E-state index contributed by atoms with van der Waals surface area (Å²) in [6.07, 6.45) is 1.08. The van der Waals surface area contributed by atoms with E-state index in [2.05, 4.69) is 10.6 Å². The summed E-state index contributed by atoms with van der Waals surface area (Å²) >= 11 is 0. The van der Waals surface area contributed by atoms with Gasteiger partial charge in [-0.05, 0) is 42.7 Å². The normalized spacial score (nSPS) is 18.7. The molecule has 3 amide bonds. The number of imide groups is 1. The number of ketones is 1. The molecular weight excluding hydrogens is 470 g/mol. The van der Waals surface area contributed by atoms with Crippen molar-refractivity contribution in [3.63, 3.8) is 0 Å². The Hall–Kier alpha value is -4.45. The molecule has 190 valence electrons. The van der Waals surface area contributed by atoms with E-state index in [4.69, 9.17) is 0 Å². The highest BCUT2D eigenvalue weighted by Gasteiger charge is 2.42. The molecule has 1 atom stereocenters. The number of carbonyl (C=O) groups excluding carboxylic acids is 4. The molecule has 37 heavy (non-hydrogen) atoms. The maximum atomic E-state index is 12.9. The van der Waals surface area contributed by atoms with E-state index in [1.807, 2.05) is 37.3 Å². The van der Waals surface area contributed by atoms with Crippen LogP contribution in [-0.4, -0.2) is 37.6 Å². The van der Waals surface area contributed by atoms with E-state index in [1.54, 1.807) is 48.2 Å². The summed E-state index contributed by atoms with van der Waals surface area (Å²) in [5.41, 5.74) is 2.33. The number of benzene rings is 2. The molecule has 0 spiro atoms. The number of anilines is 3. The van der Waals surface area contributed by atoms with Crippen LogP contribution < -0.4 is 20.4 Å². The molecule has 4 rings (SSSR count). The lowest BCUT2D eigenvalue weighted by Gasteiger charge is -2.35.